The van der Waals surface area contributed by atoms with Crippen molar-refractivity contribution in [2.45, 2.75) is 0 Å². The average Bonchev–Trinajstić information content (AvgIpc) is 2.36. The lowest BCUT2D eigenvalue weighted by Crippen LogP contribution is -2.09. The van der Waals surface area contributed by atoms with Crippen LogP contribution in [0.25, 0.3) is 0 Å². The molecule has 5 nitrogen and oxygen atoms in total. The summed E-state index contributed by atoms with van der Waals surface area (Å²) in [6, 6.07) is 8.89. The smallest absolute Gasteiger partial charge is 0.267 e. The highest BCUT2D eigenvalue weighted by Crippen LogP contribution is 2.19. The van der Waals surface area contributed by atoms with Crippen LogP contribution in [0.15, 0.2) is 39.9 Å². The van der Waals surface area contributed by atoms with Crippen molar-refractivity contribution in [2.75, 3.05) is 5.32 Å². The van der Waals surface area contributed by atoms with E-state index in [2.05, 4.69) is 31.2 Å². The summed E-state index contributed by atoms with van der Waals surface area (Å²) in [4.78, 5) is 17.8. The maximum atomic E-state index is 11.3. The SMILES string of the molecule is N#Cc1ccc(Nc2nc[nH]c(=O)c2Br)cc1. The van der Waals surface area contributed by atoms with Crippen LogP contribution in [0, 0.1) is 11.3 Å². The summed E-state index contributed by atoms with van der Waals surface area (Å²) >= 11 is 3.14. The van der Waals surface area contributed by atoms with Gasteiger partial charge in [-0.15, -0.1) is 0 Å². The summed E-state index contributed by atoms with van der Waals surface area (Å²) in [5, 5.41) is 11.6. The van der Waals surface area contributed by atoms with E-state index in [0.29, 0.717) is 15.9 Å². The molecule has 2 aromatic rings. The van der Waals surface area contributed by atoms with Gasteiger partial charge in [-0.3, -0.25) is 4.79 Å². The van der Waals surface area contributed by atoms with E-state index in [4.69, 9.17) is 5.26 Å². The summed E-state index contributed by atoms with van der Waals surface area (Å²) in [5.74, 6) is 0.429. The van der Waals surface area contributed by atoms with Crippen LogP contribution in [0.1, 0.15) is 5.56 Å². The lowest BCUT2D eigenvalue weighted by Gasteiger charge is -2.06. The molecule has 0 saturated heterocycles. The van der Waals surface area contributed by atoms with Crippen molar-refractivity contribution in [3.63, 3.8) is 0 Å². The lowest BCUT2D eigenvalue weighted by molar-refractivity contribution is 1.10. The molecule has 0 fully saturated rings. The maximum Gasteiger partial charge on any atom is 0.267 e. The second-order valence-corrected chi connectivity index (χ2v) is 4.00. The predicted octanol–water partition coefficient (Wildman–Crippen LogP) is 2.15. The number of benzene rings is 1. The van der Waals surface area contributed by atoms with Gasteiger partial charge in [-0.25, -0.2) is 4.98 Å². The minimum atomic E-state index is -0.254. The number of nitriles is 1. The molecule has 0 aliphatic rings. The van der Waals surface area contributed by atoms with Gasteiger partial charge in [0.05, 0.1) is 18.0 Å². The van der Waals surface area contributed by atoms with Gasteiger partial charge in [0, 0.05) is 5.69 Å². The Morgan fingerprint density at radius 1 is 1.35 bits per heavy atom. The van der Waals surface area contributed by atoms with E-state index in [1.54, 1.807) is 24.3 Å². The minimum absolute atomic E-state index is 0.254. The van der Waals surface area contributed by atoms with Crippen LogP contribution in [-0.2, 0) is 0 Å². The number of hydrogen-bond acceptors (Lipinski definition) is 4. The molecule has 6 heteroatoms. The molecule has 2 N–H and O–H groups in total. The molecule has 0 spiro atoms. The van der Waals surface area contributed by atoms with Gasteiger partial charge >= 0.3 is 0 Å². The van der Waals surface area contributed by atoms with Crippen molar-refractivity contribution in [3.8, 4) is 6.07 Å². The molecule has 0 radical (unpaired) electrons. The van der Waals surface area contributed by atoms with E-state index in [9.17, 15) is 4.79 Å². The first-order chi connectivity index (χ1) is 8.20. The molecule has 2 rings (SSSR count). The predicted molar refractivity (Wildman–Crippen MR) is 67.0 cm³/mol. The lowest BCUT2D eigenvalue weighted by atomic mass is 10.2. The van der Waals surface area contributed by atoms with E-state index in [0.717, 1.165) is 5.69 Å². The first-order valence-electron chi connectivity index (χ1n) is 4.71. The normalized spacial score (nSPS) is 9.65. The zero-order valence-electron chi connectivity index (χ0n) is 8.57. The van der Waals surface area contributed by atoms with Gasteiger partial charge in [0.25, 0.3) is 5.56 Å². The van der Waals surface area contributed by atoms with Crippen molar-refractivity contribution in [1.82, 2.24) is 9.97 Å². The quantitative estimate of drug-likeness (QED) is 0.888. The molecule has 0 unspecified atom stereocenters. The van der Waals surface area contributed by atoms with Crippen molar-refractivity contribution >= 4 is 27.4 Å². The first kappa shape index (κ1) is 11.4. The van der Waals surface area contributed by atoms with Gasteiger partial charge in [-0.2, -0.15) is 5.26 Å². The van der Waals surface area contributed by atoms with Gasteiger partial charge in [-0.05, 0) is 40.2 Å². The zero-order chi connectivity index (χ0) is 12.3. The van der Waals surface area contributed by atoms with Gasteiger partial charge in [0.15, 0.2) is 5.82 Å². The number of rotatable bonds is 2. The van der Waals surface area contributed by atoms with Crippen molar-refractivity contribution < 1.29 is 0 Å². The van der Waals surface area contributed by atoms with E-state index < -0.39 is 0 Å². The van der Waals surface area contributed by atoms with Crippen LogP contribution in [0.5, 0.6) is 0 Å². The zero-order valence-corrected chi connectivity index (χ0v) is 10.2. The maximum absolute atomic E-state index is 11.3. The van der Waals surface area contributed by atoms with Crippen molar-refractivity contribution in [2.24, 2.45) is 0 Å². The molecule has 0 aliphatic carbocycles. The summed E-state index contributed by atoms with van der Waals surface area (Å²) in [6.07, 6.45) is 1.32. The molecule has 0 aliphatic heterocycles. The van der Waals surface area contributed by atoms with Crippen LogP contribution >= 0.6 is 15.9 Å². The number of anilines is 2. The molecule has 1 aromatic carbocycles. The summed E-state index contributed by atoms with van der Waals surface area (Å²) < 4.78 is 0.337. The highest BCUT2D eigenvalue weighted by atomic mass is 79.9. The van der Waals surface area contributed by atoms with Gasteiger partial charge < -0.3 is 10.3 Å². The van der Waals surface area contributed by atoms with Crippen LogP contribution in [0.4, 0.5) is 11.5 Å². The van der Waals surface area contributed by atoms with Crippen LogP contribution in [0.2, 0.25) is 0 Å². The van der Waals surface area contributed by atoms with Crippen LogP contribution in [-0.4, -0.2) is 9.97 Å². The minimum Gasteiger partial charge on any atom is -0.339 e. The third-order valence-corrected chi connectivity index (χ3v) is 2.81. The Kier molecular flexibility index (Phi) is 3.21. The third-order valence-electron chi connectivity index (χ3n) is 2.07. The van der Waals surface area contributed by atoms with Gasteiger partial charge in [-0.1, -0.05) is 0 Å². The second-order valence-electron chi connectivity index (χ2n) is 3.21. The monoisotopic (exact) mass is 290 g/mol. The highest BCUT2D eigenvalue weighted by molar-refractivity contribution is 9.10. The van der Waals surface area contributed by atoms with Crippen LogP contribution < -0.4 is 10.9 Å². The molecule has 0 bridgehead atoms. The Hall–Kier alpha value is -2.13. The Balaban J connectivity index is 2.29. The first-order valence-corrected chi connectivity index (χ1v) is 5.50. The summed E-state index contributed by atoms with van der Waals surface area (Å²) in [5.41, 5.74) is 1.08. The van der Waals surface area contributed by atoms with Gasteiger partial charge in [0.2, 0.25) is 0 Å². The Morgan fingerprint density at radius 3 is 2.71 bits per heavy atom. The second kappa shape index (κ2) is 4.80. The van der Waals surface area contributed by atoms with E-state index in [-0.39, 0.29) is 5.56 Å². The number of aromatic nitrogens is 2. The molecular weight excluding hydrogens is 284 g/mol. The third kappa shape index (κ3) is 2.52. The number of nitrogens with one attached hydrogen (secondary N) is 2. The summed E-state index contributed by atoms with van der Waals surface area (Å²) in [6.45, 7) is 0. The van der Waals surface area contributed by atoms with Crippen molar-refractivity contribution in [1.29, 1.82) is 5.26 Å². The molecular formula is C11H7BrN4O. The fraction of sp³-hybridized carbons (Fsp3) is 0. The summed E-state index contributed by atoms with van der Waals surface area (Å²) in [7, 11) is 0. The molecule has 1 heterocycles. The number of halogens is 1. The van der Waals surface area contributed by atoms with E-state index >= 15 is 0 Å². The molecule has 1 aromatic heterocycles. The molecule has 0 atom stereocenters. The average molecular weight is 291 g/mol. The van der Waals surface area contributed by atoms with E-state index in [1.165, 1.54) is 6.33 Å². The standard InChI is InChI=1S/C11H7BrN4O/c12-9-10(14-6-15-11(9)17)16-8-3-1-7(5-13)2-4-8/h1-4,6H,(H2,14,15,16,17). The number of hydrogen-bond donors (Lipinski definition) is 2. The number of aromatic amines is 1. The highest BCUT2D eigenvalue weighted by Gasteiger charge is 2.05. The molecule has 0 amide bonds. The number of H-pyrrole nitrogens is 1. The largest absolute Gasteiger partial charge is 0.339 e. The molecule has 17 heavy (non-hydrogen) atoms. The Bertz CT molecular complexity index is 627. The fourth-order valence-electron chi connectivity index (χ4n) is 1.23. The number of nitrogens with zero attached hydrogens (tertiary/aromatic N) is 2. The van der Waals surface area contributed by atoms with Crippen molar-refractivity contribution in [3.05, 3.63) is 51.0 Å². The van der Waals surface area contributed by atoms with E-state index in [1.807, 2.05) is 6.07 Å². The Morgan fingerprint density at radius 2 is 2.06 bits per heavy atom. The van der Waals surface area contributed by atoms with Gasteiger partial charge in [0.1, 0.15) is 4.47 Å². The van der Waals surface area contributed by atoms with Crippen LogP contribution in [0.3, 0.4) is 0 Å². The molecule has 0 saturated carbocycles. The fourth-order valence-corrected chi connectivity index (χ4v) is 1.55. The molecule has 84 valence electrons. The topological polar surface area (TPSA) is 81.6 Å². The Labute approximate surface area is 105 Å².